The van der Waals surface area contributed by atoms with Crippen LogP contribution in [-0.2, 0) is 19.0 Å². The van der Waals surface area contributed by atoms with Gasteiger partial charge in [0.25, 0.3) is 10.1 Å². The van der Waals surface area contributed by atoms with Gasteiger partial charge in [0.15, 0.2) is 0 Å². The molecule has 0 aliphatic rings. The van der Waals surface area contributed by atoms with Gasteiger partial charge in [0.2, 0.25) is 0 Å². The van der Waals surface area contributed by atoms with Gasteiger partial charge in [0.1, 0.15) is 0 Å². The quantitative estimate of drug-likeness (QED) is 0.311. The van der Waals surface area contributed by atoms with Crippen molar-refractivity contribution in [2.75, 3.05) is 13.2 Å². The molecular weight excluding hydrogens is 311 g/mol. The van der Waals surface area contributed by atoms with E-state index >= 15 is 0 Å². The Morgan fingerprint density at radius 1 is 1.10 bits per heavy atom. The molecule has 1 aromatic carbocycles. The molecule has 0 atom stereocenters. The summed E-state index contributed by atoms with van der Waals surface area (Å²) in [5.41, 5.74) is -0.652. The van der Waals surface area contributed by atoms with Gasteiger partial charge in [-0.15, -0.1) is 0 Å². The molecule has 21 heavy (non-hydrogen) atoms. The van der Waals surface area contributed by atoms with Crippen LogP contribution in [-0.4, -0.2) is 33.6 Å². The Labute approximate surface area is 144 Å². The summed E-state index contributed by atoms with van der Waals surface area (Å²) in [6.07, 6.45) is 0. The Morgan fingerprint density at radius 3 is 2.14 bits per heavy atom. The summed E-state index contributed by atoms with van der Waals surface area (Å²) in [4.78, 5) is 22.0. The Morgan fingerprint density at radius 2 is 1.67 bits per heavy atom. The molecular formula is C12H13NaO7S. The fourth-order valence-electron chi connectivity index (χ4n) is 1.42. The molecule has 1 aromatic rings. The topological polar surface area (TPSA) is 110 Å². The number of benzene rings is 1. The molecule has 0 aliphatic heterocycles. The largest absolute Gasteiger partial charge is 1.00 e. The van der Waals surface area contributed by atoms with Gasteiger partial charge in [0.05, 0.1) is 29.6 Å². The van der Waals surface area contributed by atoms with Crippen molar-refractivity contribution < 1.29 is 61.6 Å². The Bertz CT molecular complexity index is 624. The number of carbonyl (C=O) groups excluding carboxylic acids is 2. The predicted molar refractivity (Wildman–Crippen MR) is 65.5 cm³/mol. The van der Waals surface area contributed by atoms with E-state index in [9.17, 15) is 23.1 Å². The molecule has 0 N–H and O–H groups in total. The van der Waals surface area contributed by atoms with Gasteiger partial charge in [-0.25, -0.2) is 4.79 Å². The summed E-state index contributed by atoms with van der Waals surface area (Å²) in [6.45, 7) is 2.99. The van der Waals surface area contributed by atoms with Crippen LogP contribution in [0.1, 0.15) is 34.6 Å². The Hall–Kier alpha value is -0.930. The third-order valence-electron chi connectivity index (χ3n) is 2.22. The molecule has 0 fully saturated rings. The number of carbonyl (C=O) groups is 2. The van der Waals surface area contributed by atoms with Crippen LogP contribution in [0.25, 0.3) is 0 Å². The summed E-state index contributed by atoms with van der Waals surface area (Å²) >= 11 is 0. The van der Waals surface area contributed by atoms with E-state index in [4.69, 9.17) is 4.74 Å². The van der Waals surface area contributed by atoms with Crippen molar-refractivity contribution in [3.63, 3.8) is 0 Å². The van der Waals surface area contributed by atoms with Crippen molar-refractivity contribution in [3.05, 3.63) is 29.3 Å². The minimum atomic E-state index is -4.14. The maximum atomic E-state index is 11.8. The number of esters is 1. The van der Waals surface area contributed by atoms with Crippen molar-refractivity contribution in [2.45, 2.75) is 18.7 Å². The average Bonchev–Trinajstić information content (AvgIpc) is 2.38. The van der Waals surface area contributed by atoms with Gasteiger partial charge in [-0.05, 0) is 37.6 Å². The molecule has 0 aromatic heterocycles. The number of ether oxygens (including phenoxy) is 1. The molecule has 9 heteroatoms. The third-order valence-corrected chi connectivity index (χ3v) is 3.57. The van der Waals surface area contributed by atoms with E-state index in [-0.39, 0.29) is 48.3 Å². The minimum absolute atomic E-state index is 0. The molecule has 0 bridgehead atoms. The maximum absolute atomic E-state index is 11.8. The summed E-state index contributed by atoms with van der Waals surface area (Å²) in [6, 6.07) is 2.84. The van der Waals surface area contributed by atoms with Gasteiger partial charge in [-0.3, -0.25) is 4.18 Å². The van der Waals surface area contributed by atoms with Crippen LogP contribution in [0.3, 0.4) is 0 Å². The SMILES string of the molecule is CCOC(=O)c1cc(C(=O)[O-])cc(S(=O)(=O)OCC)c1.[Na+]. The smallest absolute Gasteiger partial charge is 0.545 e. The van der Waals surface area contributed by atoms with E-state index in [0.717, 1.165) is 18.2 Å². The van der Waals surface area contributed by atoms with E-state index in [1.165, 1.54) is 6.92 Å². The fraction of sp³-hybridized carbons (Fsp3) is 0.333. The molecule has 0 saturated carbocycles. The number of carboxylic acids is 1. The Kier molecular flexibility index (Phi) is 8.12. The third kappa shape index (κ3) is 5.40. The van der Waals surface area contributed by atoms with Crippen LogP contribution in [0, 0.1) is 0 Å². The number of hydrogen-bond acceptors (Lipinski definition) is 7. The summed E-state index contributed by atoms with van der Waals surface area (Å²) < 4.78 is 32.8. The molecule has 0 radical (unpaired) electrons. The van der Waals surface area contributed by atoms with Crippen LogP contribution in [0.15, 0.2) is 23.1 Å². The monoisotopic (exact) mass is 324 g/mol. The first-order valence-corrected chi connectivity index (χ1v) is 7.15. The van der Waals surface area contributed by atoms with Crippen molar-refractivity contribution in [1.29, 1.82) is 0 Å². The zero-order valence-corrected chi connectivity index (χ0v) is 14.7. The second-order valence-electron chi connectivity index (χ2n) is 3.61. The molecule has 0 amide bonds. The number of aromatic carboxylic acids is 1. The zero-order valence-electron chi connectivity index (χ0n) is 11.9. The van der Waals surface area contributed by atoms with Crippen molar-refractivity contribution in [3.8, 4) is 0 Å². The van der Waals surface area contributed by atoms with E-state index in [1.807, 2.05) is 0 Å². The van der Waals surface area contributed by atoms with Crippen molar-refractivity contribution >= 4 is 22.1 Å². The van der Waals surface area contributed by atoms with E-state index in [0.29, 0.717) is 0 Å². The van der Waals surface area contributed by atoms with Gasteiger partial charge in [-0.1, -0.05) is 0 Å². The van der Waals surface area contributed by atoms with Gasteiger partial charge in [0, 0.05) is 0 Å². The van der Waals surface area contributed by atoms with Crippen LogP contribution in [0.5, 0.6) is 0 Å². The van der Waals surface area contributed by atoms with Crippen molar-refractivity contribution in [1.82, 2.24) is 0 Å². The van der Waals surface area contributed by atoms with Crippen LogP contribution < -0.4 is 34.7 Å². The molecule has 0 saturated heterocycles. The van der Waals surface area contributed by atoms with E-state index in [2.05, 4.69) is 4.18 Å². The number of rotatable bonds is 6. The van der Waals surface area contributed by atoms with E-state index in [1.54, 1.807) is 6.92 Å². The fourth-order valence-corrected chi connectivity index (χ4v) is 2.41. The first kappa shape index (κ1) is 20.1. The summed E-state index contributed by atoms with van der Waals surface area (Å²) in [5, 5.41) is 10.9. The van der Waals surface area contributed by atoms with Gasteiger partial charge < -0.3 is 14.6 Å². The molecule has 1 rings (SSSR count). The predicted octanol–water partition coefficient (Wildman–Crippen LogP) is -3.04. The first-order chi connectivity index (χ1) is 9.31. The first-order valence-electron chi connectivity index (χ1n) is 5.74. The Balaban J connectivity index is 0.00000400. The second-order valence-corrected chi connectivity index (χ2v) is 5.23. The van der Waals surface area contributed by atoms with Gasteiger partial charge >= 0.3 is 35.5 Å². The number of carboxylic acid groups (broad SMARTS) is 1. The van der Waals surface area contributed by atoms with Crippen LogP contribution in [0.4, 0.5) is 0 Å². The second kappa shape index (κ2) is 8.50. The molecule has 0 spiro atoms. The number of hydrogen-bond donors (Lipinski definition) is 0. The molecule has 110 valence electrons. The van der Waals surface area contributed by atoms with Gasteiger partial charge in [-0.2, -0.15) is 8.42 Å². The standard InChI is InChI=1S/C12H14O7S.Na/c1-3-18-12(15)9-5-8(11(13)14)6-10(7-9)20(16,17)19-4-2;/h5-7H,3-4H2,1-2H3,(H,13,14);/q;+1/p-1. The average molecular weight is 324 g/mol. The minimum Gasteiger partial charge on any atom is -0.545 e. The molecule has 0 heterocycles. The van der Waals surface area contributed by atoms with Crippen LogP contribution in [0.2, 0.25) is 0 Å². The molecule has 0 unspecified atom stereocenters. The zero-order chi connectivity index (χ0) is 15.3. The molecule has 7 nitrogen and oxygen atoms in total. The van der Waals surface area contributed by atoms with Crippen molar-refractivity contribution in [2.24, 2.45) is 0 Å². The summed E-state index contributed by atoms with van der Waals surface area (Å²) in [5.74, 6) is -2.44. The van der Waals surface area contributed by atoms with Crippen LogP contribution >= 0.6 is 0 Å². The normalized spacial score (nSPS) is 10.6. The summed E-state index contributed by atoms with van der Waals surface area (Å²) in [7, 11) is -4.14. The maximum Gasteiger partial charge on any atom is 1.00 e. The van der Waals surface area contributed by atoms with E-state index < -0.39 is 32.5 Å². The molecule has 0 aliphatic carbocycles.